The third-order valence-corrected chi connectivity index (χ3v) is 5.12. The highest BCUT2D eigenvalue weighted by molar-refractivity contribution is 9.10. The number of halogens is 2. The SMILES string of the molecule is CC(C)(CNc1ccc(C#N)c(Br)c1F)c1cccs1. The highest BCUT2D eigenvalue weighted by Crippen LogP contribution is 2.30. The summed E-state index contributed by atoms with van der Waals surface area (Å²) in [5, 5.41) is 14.0. The molecule has 0 atom stereocenters. The number of hydrogen-bond donors (Lipinski definition) is 1. The molecule has 0 unspecified atom stereocenters. The van der Waals surface area contributed by atoms with Crippen LogP contribution in [0.25, 0.3) is 0 Å². The standard InChI is InChI=1S/C15H14BrFN2S/c1-15(2,12-4-3-7-20-12)9-19-11-6-5-10(8-18)13(16)14(11)17/h3-7,19H,9H2,1-2H3. The van der Waals surface area contributed by atoms with Crippen LogP contribution in [0, 0.1) is 17.1 Å². The van der Waals surface area contributed by atoms with Crippen LogP contribution in [0.3, 0.4) is 0 Å². The van der Waals surface area contributed by atoms with E-state index in [1.165, 1.54) is 4.88 Å². The zero-order chi connectivity index (χ0) is 14.8. The summed E-state index contributed by atoms with van der Waals surface area (Å²) in [4.78, 5) is 1.25. The number of nitrogens with one attached hydrogen (secondary N) is 1. The van der Waals surface area contributed by atoms with Gasteiger partial charge in [-0.2, -0.15) is 5.26 Å². The van der Waals surface area contributed by atoms with Crippen molar-refractivity contribution in [1.29, 1.82) is 5.26 Å². The number of rotatable bonds is 4. The number of benzene rings is 1. The lowest BCUT2D eigenvalue weighted by Crippen LogP contribution is -2.26. The molecular weight excluding hydrogens is 339 g/mol. The van der Waals surface area contributed by atoms with Crippen LogP contribution in [0.2, 0.25) is 0 Å². The van der Waals surface area contributed by atoms with Crippen molar-refractivity contribution < 1.29 is 4.39 Å². The minimum Gasteiger partial charge on any atom is -0.382 e. The second-order valence-corrected chi connectivity index (χ2v) is 6.86. The molecule has 0 spiro atoms. The van der Waals surface area contributed by atoms with Crippen molar-refractivity contribution in [3.63, 3.8) is 0 Å². The van der Waals surface area contributed by atoms with E-state index in [4.69, 9.17) is 5.26 Å². The normalized spacial score (nSPS) is 11.2. The predicted octanol–water partition coefficient (Wildman–Crippen LogP) is 4.91. The van der Waals surface area contributed by atoms with E-state index in [1.54, 1.807) is 23.5 Å². The molecule has 1 aromatic carbocycles. The monoisotopic (exact) mass is 352 g/mol. The van der Waals surface area contributed by atoms with E-state index in [9.17, 15) is 4.39 Å². The molecule has 0 fully saturated rings. The minimum atomic E-state index is -0.425. The number of thiophene rings is 1. The van der Waals surface area contributed by atoms with Crippen molar-refractivity contribution >= 4 is 33.0 Å². The van der Waals surface area contributed by atoms with E-state index in [0.29, 0.717) is 17.8 Å². The Morgan fingerprint density at radius 2 is 2.15 bits per heavy atom. The molecule has 0 saturated heterocycles. The Morgan fingerprint density at radius 3 is 2.75 bits per heavy atom. The summed E-state index contributed by atoms with van der Waals surface area (Å²) in [5.41, 5.74) is 0.618. The van der Waals surface area contributed by atoms with Crippen LogP contribution in [-0.2, 0) is 5.41 Å². The van der Waals surface area contributed by atoms with Crippen LogP contribution in [0.15, 0.2) is 34.1 Å². The molecule has 5 heteroatoms. The van der Waals surface area contributed by atoms with E-state index >= 15 is 0 Å². The summed E-state index contributed by atoms with van der Waals surface area (Å²) in [6.07, 6.45) is 0. The smallest absolute Gasteiger partial charge is 0.161 e. The quantitative estimate of drug-likeness (QED) is 0.848. The maximum atomic E-state index is 14.1. The lowest BCUT2D eigenvalue weighted by atomic mass is 9.91. The predicted molar refractivity (Wildman–Crippen MR) is 84.6 cm³/mol. The topological polar surface area (TPSA) is 35.8 Å². The molecule has 0 aliphatic rings. The molecular formula is C15H14BrFN2S. The minimum absolute atomic E-state index is 0.0824. The molecule has 0 saturated carbocycles. The summed E-state index contributed by atoms with van der Waals surface area (Å²) < 4.78 is 14.3. The zero-order valence-corrected chi connectivity index (χ0v) is 13.6. The van der Waals surface area contributed by atoms with Gasteiger partial charge in [-0.25, -0.2) is 4.39 Å². The molecule has 0 aliphatic carbocycles. The van der Waals surface area contributed by atoms with Crippen molar-refractivity contribution in [3.8, 4) is 6.07 Å². The van der Waals surface area contributed by atoms with Gasteiger partial charge in [0.2, 0.25) is 0 Å². The summed E-state index contributed by atoms with van der Waals surface area (Å²) >= 11 is 4.81. The Morgan fingerprint density at radius 1 is 1.40 bits per heavy atom. The molecule has 2 nitrogen and oxygen atoms in total. The van der Waals surface area contributed by atoms with E-state index in [1.807, 2.05) is 17.5 Å². The van der Waals surface area contributed by atoms with Gasteiger partial charge in [0, 0.05) is 16.8 Å². The van der Waals surface area contributed by atoms with E-state index in [2.05, 4.69) is 41.2 Å². The highest BCUT2D eigenvalue weighted by Gasteiger charge is 2.22. The Bertz CT molecular complexity index is 645. The summed E-state index contributed by atoms with van der Waals surface area (Å²) in [6.45, 7) is 4.84. The van der Waals surface area contributed by atoms with Gasteiger partial charge in [-0.05, 0) is 39.5 Å². The van der Waals surface area contributed by atoms with Gasteiger partial charge in [0.1, 0.15) is 6.07 Å². The van der Waals surface area contributed by atoms with Gasteiger partial charge < -0.3 is 5.32 Å². The first-order valence-corrected chi connectivity index (χ1v) is 7.79. The molecule has 0 radical (unpaired) electrons. The number of anilines is 1. The average molecular weight is 353 g/mol. The number of nitrogens with zero attached hydrogens (tertiary/aromatic N) is 1. The first kappa shape index (κ1) is 15.0. The lowest BCUT2D eigenvalue weighted by molar-refractivity contribution is 0.563. The fraction of sp³-hybridized carbons (Fsp3) is 0.267. The number of hydrogen-bond acceptors (Lipinski definition) is 3. The molecule has 0 amide bonds. The van der Waals surface area contributed by atoms with Gasteiger partial charge >= 0.3 is 0 Å². The molecule has 2 aromatic rings. The van der Waals surface area contributed by atoms with Crippen molar-refractivity contribution in [2.24, 2.45) is 0 Å². The van der Waals surface area contributed by atoms with Crippen molar-refractivity contribution in [2.75, 3.05) is 11.9 Å². The van der Waals surface area contributed by atoms with Crippen molar-refractivity contribution in [3.05, 3.63) is 50.4 Å². The van der Waals surface area contributed by atoms with E-state index in [0.717, 1.165) is 0 Å². The molecule has 0 aliphatic heterocycles. The Hall–Kier alpha value is -1.38. The maximum absolute atomic E-state index is 14.1. The molecule has 104 valence electrons. The fourth-order valence-corrected chi connectivity index (χ4v) is 3.13. The van der Waals surface area contributed by atoms with Crippen LogP contribution in [-0.4, -0.2) is 6.54 Å². The Kier molecular flexibility index (Phi) is 4.46. The second kappa shape index (κ2) is 5.94. The van der Waals surface area contributed by atoms with Gasteiger partial charge in [-0.15, -0.1) is 11.3 Å². The average Bonchev–Trinajstić information content (AvgIpc) is 2.95. The lowest BCUT2D eigenvalue weighted by Gasteiger charge is -2.24. The van der Waals surface area contributed by atoms with Gasteiger partial charge in [-0.1, -0.05) is 19.9 Å². The van der Waals surface area contributed by atoms with Crippen molar-refractivity contribution in [2.45, 2.75) is 19.3 Å². The van der Waals surface area contributed by atoms with Crippen LogP contribution in [0.5, 0.6) is 0 Å². The van der Waals surface area contributed by atoms with Gasteiger partial charge in [0.15, 0.2) is 5.82 Å². The van der Waals surface area contributed by atoms with E-state index < -0.39 is 5.82 Å². The molecule has 1 heterocycles. The fourth-order valence-electron chi connectivity index (χ4n) is 1.84. The highest BCUT2D eigenvalue weighted by atomic mass is 79.9. The molecule has 20 heavy (non-hydrogen) atoms. The van der Waals surface area contributed by atoms with Crippen LogP contribution in [0.4, 0.5) is 10.1 Å². The molecule has 2 rings (SSSR count). The molecule has 1 N–H and O–H groups in total. The third-order valence-electron chi connectivity index (χ3n) is 3.11. The van der Waals surface area contributed by atoms with Crippen LogP contribution in [0.1, 0.15) is 24.3 Å². The van der Waals surface area contributed by atoms with Gasteiger partial charge in [-0.3, -0.25) is 0 Å². The van der Waals surface area contributed by atoms with Crippen molar-refractivity contribution in [1.82, 2.24) is 0 Å². The van der Waals surface area contributed by atoms with Gasteiger partial charge in [0.25, 0.3) is 0 Å². The largest absolute Gasteiger partial charge is 0.382 e. The Labute approximate surface area is 130 Å². The third kappa shape index (κ3) is 3.02. The summed E-state index contributed by atoms with van der Waals surface area (Å²) in [6, 6.07) is 9.25. The van der Waals surface area contributed by atoms with Gasteiger partial charge in [0.05, 0.1) is 15.7 Å². The number of nitriles is 1. The first-order valence-electron chi connectivity index (χ1n) is 6.11. The van der Waals surface area contributed by atoms with Crippen LogP contribution >= 0.6 is 27.3 Å². The first-order chi connectivity index (χ1) is 9.45. The van der Waals surface area contributed by atoms with Crippen LogP contribution < -0.4 is 5.32 Å². The second-order valence-electron chi connectivity index (χ2n) is 5.12. The molecule has 0 bridgehead atoms. The molecule has 1 aromatic heterocycles. The van der Waals surface area contributed by atoms with E-state index in [-0.39, 0.29) is 9.89 Å². The Balaban J connectivity index is 2.16. The maximum Gasteiger partial charge on any atom is 0.161 e. The zero-order valence-electron chi connectivity index (χ0n) is 11.2. The summed E-state index contributed by atoms with van der Waals surface area (Å²) in [5.74, 6) is -0.425. The summed E-state index contributed by atoms with van der Waals surface area (Å²) in [7, 11) is 0.